The van der Waals surface area contributed by atoms with Crippen molar-refractivity contribution in [2.75, 3.05) is 0 Å². The van der Waals surface area contributed by atoms with Crippen LogP contribution in [0.3, 0.4) is 0 Å². The Morgan fingerprint density at radius 2 is 1.49 bits per heavy atom. The minimum Gasteiger partial charge on any atom is -0.358 e. The maximum absolute atomic E-state index is 13.9. The first-order valence-corrected chi connectivity index (χ1v) is 12.1. The molecule has 0 aliphatic heterocycles. The van der Waals surface area contributed by atoms with Crippen LogP contribution >= 0.6 is 0 Å². The van der Waals surface area contributed by atoms with Gasteiger partial charge in [0.05, 0.1) is 5.92 Å². The second-order valence-corrected chi connectivity index (χ2v) is 9.62. The Morgan fingerprint density at radius 3 is 2.06 bits per heavy atom. The van der Waals surface area contributed by atoms with Gasteiger partial charge in [0.25, 0.3) is 0 Å². The molecule has 5 rings (SSSR count). The third kappa shape index (κ3) is 4.83. The van der Waals surface area contributed by atoms with E-state index in [-0.39, 0.29) is 11.2 Å². The number of hydrogen-bond donors (Lipinski definition) is 2. The molecular formula is C31H30N3O. The molecule has 0 saturated heterocycles. The van der Waals surface area contributed by atoms with Crippen molar-refractivity contribution >= 4 is 16.7 Å². The molecule has 2 aromatic heterocycles. The lowest BCUT2D eigenvalue weighted by Crippen LogP contribution is -2.36. The number of ketones is 1. The van der Waals surface area contributed by atoms with Crippen LogP contribution in [0, 0.1) is 11.3 Å². The molecule has 3 aromatic carbocycles. The summed E-state index contributed by atoms with van der Waals surface area (Å²) in [6.45, 7) is 4.43. The number of imidazole rings is 1. The number of carbonyl (C=O) groups is 1. The number of rotatable bonds is 9. The molecule has 35 heavy (non-hydrogen) atoms. The van der Waals surface area contributed by atoms with Crippen molar-refractivity contribution in [2.24, 2.45) is 5.41 Å². The van der Waals surface area contributed by atoms with Gasteiger partial charge in [-0.1, -0.05) is 92.7 Å². The zero-order valence-electron chi connectivity index (χ0n) is 20.2. The number of para-hydroxylation sites is 1. The lowest BCUT2D eigenvalue weighted by Gasteiger charge is -2.39. The van der Waals surface area contributed by atoms with Crippen LogP contribution in [0.2, 0.25) is 0 Å². The fourth-order valence-electron chi connectivity index (χ4n) is 5.14. The van der Waals surface area contributed by atoms with Crippen LogP contribution in [0.4, 0.5) is 0 Å². The number of aromatic nitrogens is 3. The maximum atomic E-state index is 13.9. The zero-order chi connectivity index (χ0) is 24.3. The lowest BCUT2D eigenvalue weighted by molar-refractivity contribution is 0.0935. The first-order valence-electron chi connectivity index (χ1n) is 12.1. The molecule has 175 valence electrons. The number of aromatic amines is 2. The minimum absolute atomic E-state index is 0.0218. The fourth-order valence-corrected chi connectivity index (χ4v) is 5.14. The highest BCUT2D eigenvalue weighted by Gasteiger charge is 2.42. The number of fused-ring (bicyclic) bond motifs is 1. The third-order valence-electron chi connectivity index (χ3n) is 7.11. The molecular weight excluding hydrogens is 430 g/mol. The van der Waals surface area contributed by atoms with E-state index in [9.17, 15) is 4.79 Å². The van der Waals surface area contributed by atoms with Crippen molar-refractivity contribution in [3.63, 3.8) is 0 Å². The summed E-state index contributed by atoms with van der Waals surface area (Å²) in [4.78, 5) is 24.8. The molecule has 0 bridgehead atoms. The molecule has 4 heteroatoms. The molecule has 2 N–H and O–H groups in total. The van der Waals surface area contributed by atoms with Crippen molar-refractivity contribution in [3.8, 4) is 0 Å². The summed E-state index contributed by atoms with van der Waals surface area (Å²) in [5, 5.41) is 1.10. The van der Waals surface area contributed by atoms with E-state index in [1.165, 1.54) is 11.1 Å². The van der Waals surface area contributed by atoms with Crippen LogP contribution in [0.15, 0.2) is 103 Å². The van der Waals surface area contributed by atoms with Crippen molar-refractivity contribution in [1.82, 2.24) is 15.0 Å². The van der Waals surface area contributed by atoms with Crippen LogP contribution in [-0.2, 0) is 12.8 Å². The summed E-state index contributed by atoms with van der Waals surface area (Å²) < 4.78 is 0. The number of nitrogens with one attached hydrogen (secondary N) is 2. The highest BCUT2D eigenvalue weighted by Crippen LogP contribution is 2.46. The molecule has 0 spiro atoms. The van der Waals surface area contributed by atoms with Crippen molar-refractivity contribution < 1.29 is 4.79 Å². The summed E-state index contributed by atoms with van der Waals surface area (Å²) >= 11 is 0. The number of benzene rings is 3. The Hall–Kier alpha value is -3.92. The van der Waals surface area contributed by atoms with E-state index in [4.69, 9.17) is 0 Å². The number of nitrogens with zero attached hydrogens (tertiary/aromatic N) is 1. The van der Waals surface area contributed by atoms with Crippen molar-refractivity contribution in [1.29, 1.82) is 0 Å². The fraction of sp³-hybridized carbons (Fsp3) is 0.194. The van der Waals surface area contributed by atoms with Crippen LogP contribution < -0.4 is 0 Å². The van der Waals surface area contributed by atoms with Gasteiger partial charge in [0.1, 0.15) is 0 Å². The Bertz CT molecular complexity index is 1310. The maximum Gasteiger partial charge on any atom is 0.207 e. The second-order valence-electron chi connectivity index (χ2n) is 9.62. The Balaban J connectivity index is 1.60. The van der Waals surface area contributed by atoms with Gasteiger partial charge < -0.3 is 9.97 Å². The van der Waals surface area contributed by atoms with Gasteiger partial charge in [0.15, 0.2) is 5.82 Å². The van der Waals surface area contributed by atoms with E-state index in [1.54, 1.807) is 12.4 Å². The van der Waals surface area contributed by atoms with Crippen molar-refractivity contribution in [3.05, 3.63) is 132 Å². The summed E-state index contributed by atoms with van der Waals surface area (Å²) in [7, 11) is 0. The van der Waals surface area contributed by atoms with E-state index in [2.05, 4.69) is 95.5 Å². The average molecular weight is 461 g/mol. The van der Waals surface area contributed by atoms with Crippen molar-refractivity contribution in [2.45, 2.75) is 32.6 Å². The Labute approximate surface area is 206 Å². The largest absolute Gasteiger partial charge is 0.358 e. The van der Waals surface area contributed by atoms with Gasteiger partial charge in [-0.25, -0.2) is 4.98 Å². The first-order chi connectivity index (χ1) is 17.0. The van der Waals surface area contributed by atoms with Crippen LogP contribution in [0.25, 0.3) is 10.9 Å². The van der Waals surface area contributed by atoms with Gasteiger partial charge in [-0.2, -0.15) is 0 Å². The molecule has 0 aliphatic rings. The summed E-state index contributed by atoms with van der Waals surface area (Å²) in [6, 6.07) is 31.4. The smallest absolute Gasteiger partial charge is 0.207 e. The Morgan fingerprint density at radius 1 is 0.886 bits per heavy atom. The van der Waals surface area contributed by atoms with E-state index < -0.39 is 5.92 Å². The molecule has 0 saturated carbocycles. The third-order valence-corrected chi connectivity index (χ3v) is 7.11. The quantitative estimate of drug-likeness (QED) is 0.234. The van der Waals surface area contributed by atoms with Crippen LogP contribution in [0.1, 0.15) is 47.2 Å². The zero-order valence-corrected chi connectivity index (χ0v) is 20.2. The first kappa shape index (κ1) is 22.9. The normalized spacial score (nSPS) is 12.8. The number of H-pyrrole nitrogens is 2. The molecule has 1 unspecified atom stereocenters. The summed E-state index contributed by atoms with van der Waals surface area (Å²) in [6.07, 6.45) is 5.00. The van der Waals surface area contributed by atoms with E-state index in [0.29, 0.717) is 5.82 Å². The molecule has 0 fully saturated rings. The summed E-state index contributed by atoms with van der Waals surface area (Å²) in [5.41, 5.74) is 4.17. The molecule has 0 aliphatic carbocycles. The molecule has 2 heterocycles. The van der Waals surface area contributed by atoms with Gasteiger partial charge >= 0.3 is 0 Å². The van der Waals surface area contributed by atoms with Gasteiger partial charge in [0, 0.05) is 23.6 Å². The molecule has 4 nitrogen and oxygen atoms in total. The average Bonchev–Trinajstić information content (AvgIpc) is 3.55. The highest BCUT2D eigenvalue weighted by molar-refractivity contribution is 6.00. The number of carbonyl (C=O) groups excluding carboxylic acids is 1. The molecule has 1 atom stereocenters. The monoisotopic (exact) mass is 460 g/mol. The topological polar surface area (TPSA) is 61.5 Å². The number of Topliss-reactive ketones (excluding diaryl/α,β-unsaturated/α-hetero) is 1. The molecule has 5 aromatic rings. The predicted molar refractivity (Wildman–Crippen MR) is 141 cm³/mol. The van der Waals surface area contributed by atoms with E-state index in [1.807, 2.05) is 24.3 Å². The van der Waals surface area contributed by atoms with Gasteiger partial charge in [0.2, 0.25) is 5.78 Å². The second kappa shape index (κ2) is 9.75. The predicted octanol–water partition coefficient (Wildman–Crippen LogP) is 6.94. The van der Waals surface area contributed by atoms with Gasteiger partial charge in [-0.15, -0.1) is 0 Å². The standard InChI is InChI=1S/C31H30N3O/c1-22(31(2,20-23-11-5-3-6-12-23)21-24-13-7-4-8-14-24)28(29(35)30-32-17-18-33-30)27-19-25-15-9-10-16-26(25)34-27/h3-19,28,34H,20-21H2,1-2H3,(H,32,33). The van der Waals surface area contributed by atoms with E-state index in [0.717, 1.165) is 35.4 Å². The van der Waals surface area contributed by atoms with Crippen LogP contribution in [0.5, 0.6) is 0 Å². The van der Waals surface area contributed by atoms with E-state index >= 15 is 0 Å². The van der Waals surface area contributed by atoms with Gasteiger partial charge in [-0.3, -0.25) is 4.79 Å². The number of hydrogen-bond acceptors (Lipinski definition) is 2. The molecule has 1 radical (unpaired) electrons. The van der Waals surface area contributed by atoms with Gasteiger partial charge in [-0.05, 0) is 52.8 Å². The van der Waals surface area contributed by atoms with Crippen LogP contribution in [-0.4, -0.2) is 20.7 Å². The highest BCUT2D eigenvalue weighted by atomic mass is 16.1. The Kier molecular flexibility index (Phi) is 6.37. The lowest BCUT2D eigenvalue weighted by atomic mass is 9.63. The molecule has 0 amide bonds. The summed E-state index contributed by atoms with van der Waals surface area (Å²) in [5.74, 6) is 1.03. The minimum atomic E-state index is -0.453. The SMILES string of the molecule is C[C](C(C(=O)c1ncc[nH]1)c1cc2ccccc2[nH]1)C(C)(Cc1ccccc1)Cc1ccccc1.